The van der Waals surface area contributed by atoms with Gasteiger partial charge in [0.15, 0.2) is 5.65 Å². The molecule has 0 aliphatic rings. The van der Waals surface area contributed by atoms with Gasteiger partial charge in [-0.05, 0) is 17.7 Å². The molecule has 2 aromatic heterocycles. The Kier molecular flexibility index (Phi) is 4.50. The number of benzene rings is 1. The molecule has 0 fully saturated rings. The maximum Gasteiger partial charge on any atom is 0.163 e. The van der Waals surface area contributed by atoms with Gasteiger partial charge in [-0.2, -0.15) is 5.10 Å². The second kappa shape index (κ2) is 6.72. The van der Waals surface area contributed by atoms with E-state index in [0.29, 0.717) is 19.7 Å². The number of nitrogens with zero attached hydrogens (tertiary/aromatic N) is 4. The first-order chi connectivity index (χ1) is 10.8. The van der Waals surface area contributed by atoms with Gasteiger partial charge in [0.1, 0.15) is 12.1 Å². The van der Waals surface area contributed by atoms with E-state index in [1.54, 1.807) is 13.3 Å². The van der Waals surface area contributed by atoms with E-state index in [-0.39, 0.29) is 0 Å². The van der Waals surface area contributed by atoms with Gasteiger partial charge in [-0.15, -0.1) is 0 Å². The molecule has 0 unspecified atom stereocenters. The number of fused-ring (bicyclic) bond motifs is 1. The average molecular weight is 318 g/mol. The summed E-state index contributed by atoms with van der Waals surface area (Å²) in [6.07, 6.45) is 3.32. The average Bonchev–Trinajstić information content (AvgIpc) is 2.94. The number of nitrogens with one attached hydrogen (secondary N) is 1. The SMILES string of the molecule is COCCNc1ncnc2c1cnn2Cc1ccc(Cl)cc1. The van der Waals surface area contributed by atoms with Crippen LogP contribution < -0.4 is 5.32 Å². The summed E-state index contributed by atoms with van der Waals surface area (Å²) in [5.74, 6) is 0.768. The number of aromatic nitrogens is 4. The van der Waals surface area contributed by atoms with Crippen molar-refractivity contribution in [3.05, 3.63) is 47.4 Å². The van der Waals surface area contributed by atoms with Crippen LogP contribution in [0.2, 0.25) is 5.02 Å². The van der Waals surface area contributed by atoms with Crippen LogP contribution in [-0.4, -0.2) is 40.0 Å². The van der Waals surface area contributed by atoms with Crippen molar-refractivity contribution in [3.63, 3.8) is 0 Å². The number of rotatable bonds is 6. The van der Waals surface area contributed by atoms with Crippen LogP contribution >= 0.6 is 11.6 Å². The number of halogens is 1. The smallest absolute Gasteiger partial charge is 0.163 e. The van der Waals surface area contributed by atoms with Gasteiger partial charge in [-0.25, -0.2) is 14.6 Å². The molecule has 22 heavy (non-hydrogen) atoms. The minimum absolute atomic E-state index is 0.615. The molecule has 0 atom stereocenters. The van der Waals surface area contributed by atoms with Crippen LogP contribution in [0.15, 0.2) is 36.8 Å². The first-order valence-electron chi connectivity index (χ1n) is 6.91. The summed E-state index contributed by atoms with van der Waals surface area (Å²) >= 11 is 5.91. The molecule has 0 aliphatic carbocycles. The van der Waals surface area contributed by atoms with Gasteiger partial charge in [0.2, 0.25) is 0 Å². The highest BCUT2D eigenvalue weighted by atomic mass is 35.5. The molecular weight excluding hydrogens is 302 g/mol. The van der Waals surface area contributed by atoms with Gasteiger partial charge < -0.3 is 10.1 Å². The molecule has 0 spiro atoms. The largest absolute Gasteiger partial charge is 0.383 e. The standard InChI is InChI=1S/C15H16ClN5O/c1-22-7-6-17-14-13-8-20-21(15(13)19-10-18-14)9-11-2-4-12(16)5-3-11/h2-5,8,10H,6-7,9H2,1H3,(H,17,18,19). The molecule has 114 valence electrons. The zero-order valence-electron chi connectivity index (χ0n) is 12.2. The van der Waals surface area contributed by atoms with Crippen molar-refractivity contribution in [2.45, 2.75) is 6.54 Å². The third kappa shape index (κ3) is 3.18. The number of hydrogen-bond donors (Lipinski definition) is 1. The van der Waals surface area contributed by atoms with Crippen molar-refractivity contribution in [1.29, 1.82) is 0 Å². The zero-order valence-corrected chi connectivity index (χ0v) is 12.9. The van der Waals surface area contributed by atoms with Crippen LogP contribution in [0.4, 0.5) is 5.82 Å². The first-order valence-corrected chi connectivity index (χ1v) is 7.29. The molecule has 3 aromatic rings. The predicted molar refractivity (Wildman–Crippen MR) is 86.2 cm³/mol. The van der Waals surface area contributed by atoms with E-state index in [9.17, 15) is 0 Å². The normalized spacial score (nSPS) is 11.0. The van der Waals surface area contributed by atoms with Crippen LogP contribution in [0.25, 0.3) is 11.0 Å². The van der Waals surface area contributed by atoms with E-state index in [0.717, 1.165) is 27.4 Å². The van der Waals surface area contributed by atoms with E-state index >= 15 is 0 Å². The molecule has 2 heterocycles. The lowest BCUT2D eigenvalue weighted by atomic mass is 10.2. The molecule has 0 saturated heterocycles. The van der Waals surface area contributed by atoms with Gasteiger partial charge in [-0.1, -0.05) is 23.7 Å². The highest BCUT2D eigenvalue weighted by Gasteiger charge is 2.09. The van der Waals surface area contributed by atoms with Crippen molar-refractivity contribution in [2.75, 3.05) is 25.6 Å². The molecule has 0 radical (unpaired) electrons. The fourth-order valence-electron chi connectivity index (χ4n) is 2.18. The molecule has 0 saturated carbocycles. The summed E-state index contributed by atoms with van der Waals surface area (Å²) in [5, 5.41) is 9.26. The van der Waals surface area contributed by atoms with E-state index in [4.69, 9.17) is 16.3 Å². The molecule has 1 N–H and O–H groups in total. The van der Waals surface area contributed by atoms with Crippen molar-refractivity contribution >= 4 is 28.5 Å². The van der Waals surface area contributed by atoms with Gasteiger partial charge >= 0.3 is 0 Å². The van der Waals surface area contributed by atoms with Crippen molar-refractivity contribution in [3.8, 4) is 0 Å². The topological polar surface area (TPSA) is 64.9 Å². The number of methoxy groups -OCH3 is 1. The molecule has 0 aliphatic heterocycles. The zero-order chi connectivity index (χ0) is 15.4. The molecule has 6 nitrogen and oxygen atoms in total. The van der Waals surface area contributed by atoms with E-state index in [1.165, 1.54) is 6.33 Å². The molecular formula is C15H16ClN5O. The summed E-state index contributed by atoms with van der Waals surface area (Å²) in [6, 6.07) is 7.70. The predicted octanol–water partition coefficient (Wildman–Crippen LogP) is 2.59. The summed E-state index contributed by atoms with van der Waals surface area (Å²) in [7, 11) is 1.67. The Balaban J connectivity index is 1.85. The Hall–Kier alpha value is -2.18. The van der Waals surface area contributed by atoms with Crippen LogP contribution in [0, 0.1) is 0 Å². The lowest BCUT2D eigenvalue weighted by molar-refractivity contribution is 0.210. The Morgan fingerprint density at radius 3 is 2.82 bits per heavy atom. The van der Waals surface area contributed by atoms with Gasteiger partial charge in [0.25, 0.3) is 0 Å². The quantitative estimate of drug-likeness (QED) is 0.708. The molecule has 7 heteroatoms. The minimum Gasteiger partial charge on any atom is -0.383 e. The molecule has 1 aromatic carbocycles. The number of hydrogen-bond acceptors (Lipinski definition) is 5. The van der Waals surface area contributed by atoms with Crippen molar-refractivity contribution in [1.82, 2.24) is 19.7 Å². The third-order valence-electron chi connectivity index (χ3n) is 3.28. The van der Waals surface area contributed by atoms with Gasteiger partial charge in [0, 0.05) is 18.7 Å². The van der Waals surface area contributed by atoms with Crippen molar-refractivity contribution in [2.24, 2.45) is 0 Å². The van der Waals surface area contributed by atoms with Crippen LogP contribution in [-0.2, 0) is 11.3 Å². The summed E-state index contributed by atoms with van der Waals surface area (Å²) in [4.78, 5) is 8.60. The maximum atomic E-state index is 5.91. The Morgan fingerprint density at radius 1 is 1.23 bits per heavy atom. The van der Waals surface area contributed by atoms with Crippen LogP contribution in [0.1, 0.15) is 5.56 Å². The van der Waals surface area contributed by atoms with Crippen molar-refractivity contribution < 1.29 is 4.74 Å². The number of ether oxygens (including phenoxy) is 1. The lowest BCUT2D eigenvalue weighted by Gasteiger charge is -2.06. The minimum atomic E-state index is 0.615. The highest BCUT2D eigenvalue weighted by Crippen LogP contribution is 2.19. The van der Waals surface area contributed by atoms with E-state index in [2.05, 4.69) is 20.4 Å². The summed E-state index contributed by atoms with van der Waals surface area (Å²) in [6.45, 7) is 1.94. The monoisotopic (exact) mass is 317 g/mol. The Bertz CT molecular complexity index is 756. The molecule has 0 amide bonds. The van der Waals surface area contributed by atoms with Gasteiger partial charge in [-0.3, -0.25) is 0 Å². The van der Waals surface area contributed by atoms with Crippen LogP contribution in [0.3, 0.4) is 0 Å². The van der Waals surface area contributed by atoms with E-state index < -0.39 is 0 Å². The van der Waals surface area contributed by atoms with Gasteiger partial charge in [0.05, 0.1) is 24.7 Å². The summed E-state index contributed by atoms with van der Waals surface area (Å²) < 4.78 is 6.88. The second-order valence-corrected chi connectivity index (χ2v) is 5.24. The highest BCUT2D eigenvalue weighted by molar-refractivity contribution is 6.30. The molecule has 0 bridgehead atoms. The summed E-state index contributed by atoms with van der Waals surface area (Å²) in [5.41, 5.74) is 1.91. The lowest BCUT2D eigenvalue weighted by Crippen LogP contribution is -2.09. The van der Waals surface area contributed by atoms with Crippen LogP contribution in [0.5, 0.6) is 0 Å². The first kappa shape index (κ1) is 14.7. The Labute approximate surface area is 133 Å². The third-order valence-corrected chi connectivity index (χ3v) is 3.53. The second-order valence-electron chi connectivity index (χ2n) is 4.81. The maximum absolute atomic E-state index is 5.91. The fourth-order valence-corrected chi connectivity index (χ4v) is 2.31. The fraction of sp³-hybridized carbons (Fsp3) is 0.267. The Morgan fingerprint density at radius 2 is 2.05 bits per heavy atom. The molecule has 3 rings (SSSR count). The number of anilines is 1. The van der Waals surface area contributed by atoms with E-state index in [1.807, 2.05) is 28.9 Å².